The molecule has 1 saturated heterocycles. The number of likely N-dealkylation sites (tertiary alicyclic amines) is 1. The Morgan fingerprint density at radius 1 is 1.29 bits per heavy atom. The third-order valence-electron chi connectivity index (χ3n) is 6.95. The number of fused-ring (bicyclic) bond motifs is 3. The number of piperidine rings is 1. The number of aromatic nitrogens is 5. The number of halogens is 1. The minimum absolute atomic E-state index is 0.194. The molecule has 1 atom stereocenters. The maximum Gasteiger partial charge on any atom is 0.277 e. The topological polar surface area (TPSA) is 111 Å². The van der Waals surface area contributed by atoms with Gasteiger partial charge in [0.2, 0.25) is 5.82 Å². The zero-order chi connectivity index (χ0) is 23.4. The second-order valence-corrected chi connectivity index (χ2v) is 9.09. The lowest BCUT2D eigenvalue weighted by atomic mass is 10.1. The first-order valence-electron chi connectivity index (χ1n) is 11.5. The first kappa shape index (κ1) is 21.4. The molecule has 1 aliphatic carbocycles. The Labute approximate surface area is 193 Å². The molecule has 3 aromatic heterocycles. The van der Waals surface area contributed by atoms with Gasteiger partial charge in [-0.05, 0) is 44.4 Å². The number of methoxy groups -OCH3 is 1. The number of imidazole rings is 1. The van der Waals surface area contributed by atoms with Crippen LogP contribution in [-0.4, -0.2) is 66.9 Å². The molecule has 0 bridgehead atoms. The zero-order valence-electron chi connectivity index (χ0n) is 18.8. The molecule has 1 unspecified atom stereocenters. The first-order valence-corrected chi connectivity index (χ1v) is 11.5. The molecule has 11 heteroatoms. The van der Waals surface area contributed by atoms with E-state index >= 15 is 0 Å². The van der Waals surface area contributed by atoms with E-state index < -0.39 is 11.4 Å². The van der Waals surface area contributed by atoms with Crippen LogP contribution >= 0.6 is 0 Å². The number of para-hydroxylation sites is 1. The van der Waals surface area contributed by atoms with Crippen molar-refractivity contribution in [1.82, 2.24) is 29.0 Å². The lowest BCUT2D eigenvalue weighted by Gasteiger charge is -2.30. The van der Waals surface area contributed by atoms with Gasteiger partial charge in [-0.25, -0.2) is 9.37 Å². The summed E-state index contributed by atoms with van der Waals surface area (Å²) in [6.07, 6.45) is 4.35. The highest BCUT2D eigenvalue weighted by Crippen LogP contribution is 2.48. The smallest absolute Gasteiger partial charge is 0.277 e. The Morgan fingerprint density at radius 3 is 2.91 bits per heavy atom. The van der Waals surface area contributed by atoms with E-state index in [-0.39, 0.29) is 40.8 Å². The summed E-state index contributed by atoms with van der Waals surface area (Å²) in [5, 5.41) is 14.1. The van der Waals surface area contributed by atoms with Crippen LogP contribution in [0.1, 0.15) is 31.6 Å². The molecule has 178 valence electrons. The molecule has 34 heavy (non-hydrogen) atoms. The SMILES string of the molecule is COC1(c2nc(-c3ncn4c3c(=O)n(CCN3CCCC(O)C3)c3c(F)cccc34)no2)CC1. The van der Waals surface area contributed by atoms with Crippen molar-refractivity contribution in [2.24, 2.45) is 0 Å². The van der Waals surface area contributed by atoms with Crippen LogP contribution in [-0.2, 0) is 16.9 Å². The normalized spacial score (nSPS) is 20.4. The number of β-amino-alcohol motifs (C(OH)–C–C–N with tert-alkyl or cyclic N) is 1. The zero-order valence-corrected chi connectivity index (χ0v) is 18.8. The summed E-state index contributed by atoms with van der Waals surface area (Å²) in [6, 6.07) is 4.70. The van der Waals surface area contributed by atoms with Gasteiger partial charge in [0, 0.05) is 26.7 Å². The monoisotopic (exact) mass is 468 g/mol. The van der Waals surface area contributed by atoms with Gasteiger partial charge >= 0.3 is 0 Å². The third kappa shape index (κ3) is 3.34. The number of nitrogens with zero attached hydrogens (tertiary/aromatic N) is 6. The van der Waals surface area contributed by atoms with E-state index in [1.165, 1.54) is 17.0 Å². The molecule has 1 aromatic carbocycles. The van der Waals surface area contributed by atoms with Crippen molar-refractivity contribution in [1.29, 1.82) is 0 Å². The van der Waals surface area contributed by atoms with Crippen molar-refractivity contribution in [2.75, 3.05) is 26.7 Å². The Kier molecular flexibility index (Phi) is 5.01. The van der Waals surface area contributed by atoms with E-state index in [1.54, 1.807) is 23.6 Å². The highest BCUT2D eigenvalue weighted by molar-refractivity contribution is 5.84. The van der Waals surface area contributed by atoms with Gasteiger partial charge in [-0.2, -0.15) is 4.98 Å². The Balaban J connectivity index is 1.47. The fourth-order valence-electron chi connectivity index (χ4n) is 4.91. The van der Waals surface area contributed by atoms with Gasteiger partial charge in [-0.3, -0.25) is 14.1 Å². The predicted octanol–water partition coefficient (Wildman–Crippen LogP) is 1.93. The summed E-state index contributed by atoms with van der Waals surface area (Å²) < 4.78 is 29.0. The highest BCUT2D eigenvalue weighted by atomic mass is 19.1. The summed E-state index contributed by atoms with van der Waals surface area (Å²) in [5.74, 6) is 0.0735. The van der Waals surface area contributed by atoms with Crippen LogP contribution in [0.4, 0.5) is 4.39 Å². The lowest BCUT2D eigenvalue weighted by molar-refractivity contribution is 0.0492. The highest BCUT2D eigenvalue weighted by Gasteiger charge is 2.50. The van der Waals surface area contributed by atoms with E-state index in [2.05, 4.69) is 20.0 Å². The van der Waals surface area contributed by atoms with Crippen molar-refractivity contribution in [3.05, 3.63) is 46.6 Å². The van der Waals surface area contributed by atoms with Crippen LogP contribution in [0.2, 0.25) is 0 Å². The molecule has 1 N–H and O–H groups in total. The number of aliphatic hydroxyl groups is 1. The number of hydrogen-bond acceptors (Lipinski definition) is 8. The molecule has 1 aliphatic heterocycles. The number of ether oxygens (including phenoxy) is 1. The molecule has 10 nitrogen and oxygen atoms in total. The molecule has 0 spiro atoms. The van der Waals surface area contributed by atoms with Crippen LogP contribution in [0.25, 0.3) is 28.1 Å². The number of benzene rings is 1. The van der Waals surface area contributed by atoms with Gasteiger partial charge in [-0.15, -0.1) is 0 Å². The molecule has 2 aliphatic rings. The first-order chi connectivity index (χ1) is 16.5. The van der Waals surface area contributed by atoms with Crippen LogP contribution in [0.5, 0.6) is 0 Å². The number of rotatable bonds is 6. The van der Waals surface area contributed by atoms with Gasteiger partial charge in [0.25, 0.3) is 11.4 Å². The molecule has 4 heterocycles. The Morgan fingerprint density at radius 2 is 2.15 bits per heavy atom. The minimum Gasteiger partial charge on any atom is -0.392 e. The summed E-state index contributed by atoms with van der Waals surface area (Å²) in [5.41, 5.74) is 0.321. The standard InChI is InChI=1S/C23H25FN6O4/c1-33-23(7-8-23)22-26-20(27-34-22)17-19-21(32)29(11-10-28-9-3-4-14(31)12-28)18-15(24)5-2-6-16(18)30(19)13-25-17/h2,5-6,13-14,31H,3-4,7-12H2,1H3. The Hall–Kier alpha value is -3.15. The molecular formula is C23H25FN6O4. The maximum absolute atomic E-state index is 15.0. The van der Waals surface area contributed by atoms with Gasteiger partial charge in [0.15, 0.2) is 0 Å². The van der Waals surface area contributed by atoms with Gasteiger partial charge in [0.05, 0.1) is 11.6 Å². The van der Waals surface area contributed by atoms with E-state index in [9.17, 15) is 14.3 Å². The average Bonchev–Trinajstić information content (AvgIpc) is 3.25. The minimum atomic E-state index is -0.560. The van der Waals surface area contributed by atoms with Crippen molar-refractivity contribution in [3.63, 3.8) is 0 Å². The fraction of sp³-hybridized carbons (Fsp3) is 0.478. The van der Waals surface area contributed by atoms with Gasteiger partial charge in [-0.1, -0.05) is 11.2 Å². The number of aliphatic hydroxyl groups excluding tert-OH is 1. The van der Waals surface area contributed by atoms with Gasteiger partial charge in [0.1, 0.15) is 34.5 Å². The molecule has 6 rings (SSSR count). The van der Waals surface area contributed by atoms with Crippen molar-refractivity contribution in [3.8, 4) is 11.5 Å². The summed E-state index contributed by atoms with van der Waals surface area (Å²) in [7, 11) is 1.60. The fourth-order valence-corrected chi connectivity index (χ4v) is 4.91. The predicted molar refractivity (Wildman–Crippen MR) is 120 cm³/mol. The second-order valence-electron chi connectivity index (χ2n) is 9.09. The van der Waals surface area contributed by atoms with Crippen LogP contribution in [0.15, 0.2) is 33.8 Å². The maximum atomic E-state index is 15.0. The van der Waals surface area contributed by atoms with Crippen molar-refractivity contribution in [2.45, 2.75) is 43.9 Å². The number of hydrogen-bond donors (Lipinski definition) is 1. The van der Waals surface area contributed by atoms with Crippen LogP contribution < -0.4 is 5.56 Å². The van der Waals surface area contributed by atoms with Crippen LogP contribution in [0.3, 0.4) is 0 Å². The van der Waals surface area contributed by atoms with E-state index in [0.29, 0.717) is 24.5 Å². The molecule has 4 aromatic rings. The molecular weight excluding hydrogens is 443 g/mol. The summed E-state index contributed by atoms with van der Waals surface area (Å²) in [6.45, 7) is 2.17. The van der Waals surface area contributed by atoms with Gasteiger partial charge < -0.3 is 18.9 Å². The largest absolute Gasteiger partial charge is 0.392 e. The van der Waals surface area contributed by atoms with Crippen molar-refractivity contribution >= 4 is 16.6 Å². The molecule has 0 amide bonds. The quantitative estimate of drug-likeness (QED) is 0.457. The molecule has 1 saturated carbocycles. The molecule has 0 radical (unpaired) electrons. The Bertz CT molecular complexity index is 1440. The van der Waals surface area contributed by atoms with E-state index in [1.807, 2.05) is 0 Å². The van der Waals surface area contributed by atoms with E-state index in [4.69, 9.17) is 9.26 Å². The van der Waals surface area contributed by atoms with E-state index in [0.717, 1.165) is 32.2 Å². The summed E-state index contributed by atoms with van der Waals surface area (Å²) in [4.78, 5) is 24.7. The average molecular weight is 468 g/mol. The van der Waals surface area contributed by atoms with Crippen molar-refractivity contribution < 1.29 is 18.8 Å². The second kappa shape index (κ2) is 7.97. The lowest BCUT2D eigenvalue weighted by Crippen LogP contribution is -2.41. The third-order valence-corrected chi connectivity index (χ3v) is 6.95. The van der Waals surface area contributed by atoms with Crippen LogP contribution in [0, 0.1) is 5.82 Å². The summed E-state index contributed by atoms with van der Waals surface area (Å²) >= 11 is 0. The molecule has 2 fully saturated rings.